The minimum absolute atomic E-state index is 0.319. The Morgan fingerprint density at radius 1 is 1.38 bits per heavy atom. The fourth-order valence-corrected chi connectivity index (χ4v) is 2.17. The van der Waals surface area contributed by atoms with Crippen LogP contribution >= 0.6 is 0 Å². The molecule has 1 aromatic carbocycles. The average molecular weight is 218 g/mol. The SMILES string of the molecule is Cc1ccccc1C(CN)NCCC1CC1. The van der Waals surface area contributed by atoms with Gasteiger partial charge in [0.1, 0.15) is 0 Å². The summed E-state index contributed by atoms with van der Waals surface area (Å²) in [5, 5.41) is 3.57. The molecule has 0 bridgehead atoms. The van der Waals surface area contributed by atoms with E-state index in [4.69, 9.17) is 5.73 Å². The van der Waals surface area contributed by atoms with Crippen molar-refractivity contribution in [1.29, 1.82) is 0 Å². The summed E-state index contributed by atoms with van der Waals surface area (Å²) in [5.74, 6) is 0.989. The minimum atomic E-state index is 0.319. The van der Waals surface area contributed by atoms with Gasteiger partial charge in [-0.05, 0) is 36.9 Å². The van der Waals surface area contributed by atoms with Gasteiger partial charge in [0.15, 0.2) is 0 Å². The van der Waals surface area contributed by atoms with E-state index in [0.29, 0.717) is 12.6 Å². The van der Waals surface area contributed by atoms with Gasteiger partial charge < -0.3 is 11.1 Å². The molecular weight excluding hydrogens is 196 g/mol. The summed E-state index contributed by atoms with van der Waals surface area (Å²) < 4.78 is 0. The number of nitrogens with one attached hydrogen (secondary N) is 1. The zero-order valence-corrected chi connectivity index (χ0v) is 10.1. The van der Waals surface area contributed by atoms with Crippen LogP contribution in [0.2, 0.25) is 0 Å². The van der Waals surface area contributed by atoms with Gasteiger partial charge in [-0.3, -0.25) is 0 Å². The molecule has 3 N–H and O–H groups in total. The first-order chi connectivity index (χ1) is 7.81. The van der Waals surface area contributed by atoms with E-state index in [-0.39, 0.29) is 0 Å². The first-order valence-electron chi connectivity index (χ1n) is 6.30. The summed E-state index contributed by atoms with van der Waals surface area (Å²) >= 11 is 0. The van der Waals surface area contributed by atoms with E-state index in [1.165, 1.54) is 30.4 Å². The molecule has 2 heteroatoms. The monoisotopic (exact) mass is 218 g/mol. The number of aryl methyl sites for hydroxylation is 1. The third-order valence-corrected chi connectivity index (χ3v) is 3.44. The molecule has 2 nitrogen and oxygen atoms in total. The van der Waals surface area contributed by atoms with Gasteiger partial charge in [0.2, 0.25) is 0 Å². The Morgan fingerprint density at radius 3 is 2.75 bits per heavy atom. The van der Waals surface area contributed by atoms with Crippen molar-refractivity contribution in [2.75, 3.05) is 13.1 Å². The van der Waals surface area contributed by atoms with E-state index < -0.39 is 0 Å². The number of nitrogens with two attached hydrogens (primary N) is 1. The van der Waals surface area contributed by atoms with Crippen LogP contribution in [0.1, 0.15) is 36.4 Å². The predicted octanol–water partition coefficient (Wildman–Crippen LogP) is 2.38. The van der Waals surface area contributed by atoms with Crippen LogP contribution < -0.4 is 11.1 Å². The Morgan fingerprint density at radius 2 is 2.12 bits per heavy atom. The fraction of sp³-hybridized carbons (Fsp3) is 0.571. The molecule has 1 aromatic rings. The molecule has 1 saturated carbocycles. The third-order valence-electron chi connectivity index (χ3n) is 3.44. The summed E-state index contributed by atoms with van der Waals surface area (Å²) in [5.41, 5.74) is 8.52. The largest absolute Gasteiger partial charge is 0.329 e. The Balaban J connectivity index is 1.90. The molecule has 1 fully saturated rings. The van der Waals surface area contributed by atoms with E-state index in [2.05, 4.69) is 36.5 Å². The maximum absolute atomic E-state index is 5.84. The molecule has 0 aliphatic heterocycles. The summed E-state index contributed by atoms with van der Waals surface area (Å²) in [6.45, 7) is 3.93. The average Bonchev–Trinajstić information content (AvgIpc) is 3.10. The molecule has 2 rings (SSSR count). The molecule has 16 heavy (non-hydrogen) atoms. The molecule has 0 heterocycles. The van der Waals surface area contributed by atoms with Gasteiger partial charge in [-0.1, -0.05) is 37.1 Å². The molecule has 88 valence electrons. The van der Waals surface area contributed by atoms with Crippen molar-refractivity contribution < 1.29 is 0 Å². The van der Waals surface area contributed by atoms with Crippen molar-refractivity contribution in [2.24, 2.45) is 11.7 Å². The van der Waals surface area contributed by atoms with Crippen molar-refractivity contribution in [3.63, 3.8) is 0 Å². The van der Waals surface area contributed by atoms with Crippen LogP contribution in [-0.2, 0) is 0 Å². The second kappa shape index (κ2) is 5.46. The summed E-state index contributed by atoms with van der Waals surface area (Å²) in [6.07, 6.45) is 4.17. The second-order valence-electron chi connectivity index (χ2n) is 4.83. The highest BCUT2D eigenvalue weighted by molar-refractivity contribution is 5.28. The maximum atomic E-state index is 5.84. The lowest BCUT2D eigenvalue weighted by Crippen LogP contribution is -2.29. The van der Waals surface area contributed by atoms with Crippen LogP contribution in [-0.4, -0.2) is 13.1 Å². The van der Waals surface area contributed by atoms with E-state index in [1.54, 1.807) is 0 Å². The van der Waals surface area contributed by atoms with Gasteiger partial charge in [-0.15, -0.1) is 0 Å². The maximum Gasteiger partial charge on any atom is 0.0447 e. The summed E-state index contributed by atoms with van der Waals surface area (Å²) in [4.78, 5) is 0. The van der Waals surface area contributed by atoms with Gasteiger partial charge in [0.25, 0.3) is 0 Å². The molecule has 1 aliphatic rings. The van der Waals surface area contributed by atoms with Crippen molar-refractivity contribution in [1.82, 2.24) is 5.32 Å². The highest BCUT2D eigenvalue weighted by atomic mass is 14.9. The fourth-order valence-electron chi connectivity index (χ4n) is 2.17. The quantitative estimate of drug-likeness (QED) is 0.769. The van der Waals surface area contributed by atoms with Crippen LogP contribution in [0.25, 0.3) is 0 Å². The lowest BCUT2D eigenvalue weighted by molar-refractivity contribution is 0.514. The Hall–Kier alpha value is -0.860. The summed E-state index contributed by atoms with van der Waals surface area (Å²) in [7, 11) is 0. The van der Waals surface area contributed by atoms with Crippen molar-refractivity contribution in [2.45, 2.75) is 32.2 Å². The highest BCUT2D eigenvalue weighted by Crippen LogP contribution is 2.32. The third kappa shape index (κ3) is 3.06. The van der Waals surface area contributed by atoms with Crippen LogP contribution in [0, 0.1) is 12.8 Å². The van der Waals surface area contributed by atoms with Gasteiger partial charge in [-0.2, -0.15) is 0 Å². The van der Waals surface area contributed by atoms with Crippen molar-refractivity contribution in [3.05, 3.63) is 35.4 Å². The Labute approximate surface area is 98.2 Å². The second-order valence-corrected chi connectivity index (χ2v) is 4.83. The van der Waals surface area contributed by atoms with E-state index in [9.17, 15) is 0 Å². The molecule has 1 atom stereocenters. The number of hydrogen-bond acceptors (Lipinski definition) is 2. The van der Waals surface area contributed by atoms with Crippen LogP contribution in [0.4, 0.5) is 0 Å². The predicted molar refractivity (Wildman–Crippen MR) is 68.3 cm³/mol. The lowest BCUT2D eigenvalue weighted by Gasteiger charge is -2.19. The summed E-state index contributed by atoms with van der Waals surface area (Å²) in [6, 6.07) is 8.82. The first kappa shape index (κ1) is 11.6. The van der Waals surface area contributed by atoms with Gasteiger partial charge in [0, 0.05) is 12.6 Å². The van der Waals surface area contributed by atoms with Crippen molar-refractivity contribution in [3.8, 4) is 0 Å². The molecular formula is C14H22N2. The normalized spacial score (nSPS) is 17.4. The Bertz CT molecular complexity index is 331. The van der Waals surface area contributed by atoms with Crippen LogP contribution in [0.5, 0.6) is 0 Å². The molecule has 0 spiro atoms. The molecule has 1 aliphatic carbocycles. The van der Waals surface area contributed by atoms with Gasteiger partial charge in [-0.25, -0.2) is 0 Å². The number of rotatable bonds is 6. The molecule has 0 amide bonds. The van der Waals surface area contributed by atoms with Crippen LogP contribution in [0.3, 0.4) is 0 Å². The zero-order chi connectivity index (χ0) is 11.4. The smallest absolute Gasteiger partial charge is 0.0447 e. The van der Waals surface area contributed by atoms with E-state index in [1.807, 2.05) is 0 Å². The van der Waals surface area contributed by atoms with Gasteiger partial charge >= 0.3 is 0 Å². The molecule has 1 unspecified atom stereocenters. The topological polar surface area (TPSA) is 38.0 Å². The highest BCUT2D eigenvalue weighted by Gasteiger charge is 2.21. The lowest BCUT2D eigenvalue weighted by atomic mass is 10.0. The zero-order valence-electron chi connectivity index (χ0n) is 10.1. The van der Waals surface area contributed by atoms with Crippen molar-refractivity contribution >= 4 is 0 Å². The standard InChI is InChI=1S/C14H22N2/c1-11-4-2-3-5-13(11)14(10-15)16-9-8-12-6-7-12/h2-5,12,14,16H,6-10,15H2,1H3. The first-order valence-corrected chi connectivity index (χ1v) is 6.30. The number of benzene rings is 1. The minimum Gasteiger partial charge on any atom is -0.329 e. The molecule has 0 radical (unpaired) electrons. The van der Waals surface area contributed by atoms with E-state index >= 15 is 0 Å². The molecule has 0 aromatic heterocycles. The van der Waals surface area contributed by atoms with Gasteiger partial charge in [0.05, 0.1) is 0 Å². The Kier molecular flexibility index (Phi) is 3.97. The van der Waals surface area contributed by atoms with E-state index in [0.717, 1.165) is 12.5 Å². The molecule has 0 saturated heterocycles. The van der Waals surface area contributed by atoms with Crippen LogP contribution in [0.15, 0.2) is 24.3 Å². The number of hydrogen-bond donors (Lipinski definition) is 2.